The maximum Gasteiger partial charge on any atom is 0.407 e. The fraction of sp³-hybridized carbons (Fsp3) is 0.562. The predicted octanol–water partition coefficient (Wildman–Crippen LogP) is 3.30. The van der Waals surface area contributed by atoms with Crippen molar-refractivity contribution in [3.63, 3.8) is 0 Å². The van der Waals surface area contributed by atoms with E-state index in [1.165, 1.54) is 12.1 Å². The molecule has 126 valence electrons. The van der Waals surface area contributed by atoms with Gasteiger partial charge in [0.2, 0.25) is 0 Å². The smallest absolute Gasteiger partial charge is 0.407 e. The van der Waals surface area contributed by atoms with Crippen LogP contribution in [-0.4, -0.2) is 39.1 Å². The summed E-state index contributed by atoms with van der Waals surface area (Å²) in [5.74, 6) is 0.184. The molecule has 22 heavy (non-hydrogen) atoms. The minimum absolute atomic E-state index is 0.323. The second-order valence-corrected chi connectivity index (χ2v) is 4.02. The molecule has 0 spiro atoms. The Morgan fingerprint density at radius 2 is 1.95 bits per heavy atom. The summed E-state index contributed by atoms with van der Waals surface area (Å²) in [5, 5.41) is 2.53. The summed E-state index contributed by atoms with van der Waals surface area (Å²) in [4.78, 5) is 10.9. The van der Waals surface area contributed by atoms with Crippen molar-refractivity contribution >= 4 is 6.09 Å². The van der Waals surface area contributed by atoms with Crippen molar-refractivity contribution in [2.75, 3.05) is 33.0 Å². The van der Waals surface area contributed by atoms with Crippen molar-refractivity contribution < 1.29 is 23.4 Å². The highest BCUT2D eigenvalue weighted by atomic mass is 19.1. The zero-order chi connectivity index (χ0) is 16.8. The van der Waals surface area contributed by atoms with Crippen LogP contribution >= 0.6 is 0 Å². The van der Waals surface area contributed by atoms with Gasteiger partial charge >= 0.3 is 6.09 Å². The Morgan fingerprint density at radius 3 is 2.64 bits per heavy atom. The van der Waals surface area contributed by atoms with Crippen molar-refractivity contribution in [2.24, 2.45) is 0 Å². The van der Waals surface area contributed by atoms with Gasteiger partial charge in [-0.05, 0) is 25.5 Å². The van der Waals surface area contributed by atoms with Gasteiger partial charge in [-0.25, -0.2) is 9.18 Å². The highest BCUT2D eigenvalue weighted by molar-refractivity contribution is 5.66. The van der Waals surface area contributed by atoms with Crippen LogP contribution in [0.15, 0.2) is 18.2 Å². The van der Waals surface area contributed by atoms with Crippen LogP contribution in [-0.2, 0) is 9.47 Å². The van der Waals surface area contributed by atoms with E-state index in [-0.39, 0.29) is 5.82 Å². The minimum atomic E-state index is -0.456. The van der Waals surface area contributed by atoms with Crippen LogP contribution in [0.4, 0.5) is 9.18 Å². The molecule has 5 nitrogen and oxygen atoms in total. The molecule has 1 N–H and O–H groups in total. The average molecular weight is 315 g/mol. The molecule has 1 aromatic rings. The Hall–Kier alpha value is -1.82. The number of ether oxygens (including phenoxy) is 3. The first-order valence-electron chi connectivity index (χ1n) is 7.50. The number of carbonyl (C=O) groups is 1. The van der Waals surface area contributed by atoms with Gasteiger partial charge < -0.3 is 19.5 Å². The van der Waals surface area contributed by atoms with Gasteiger partial charge in [0.1, 0.15) is 18.2 Å². The first-order valence-corrected chi connectivity index (χ1v) is 7.50. The third-order valence-electron chi connectivity index (χ3n) is 2.43. The number of carbonyl (C=O) groups excluding carboxylic acids is 1. The monoisotopic (exact) mass is 315 g/mol. The van der Waals surface area contributed by atoms with E-state index < -0.39 is 6.09 Å². The molecule has 0 radical (unpaired) electrons. The molecule has 0 aromatic heterocycles. The lowest BCUT2D eigenvalue weighted by Gasteiger charge is -2.10. The van der Waals surface area contributed by atoms with Crippen LogP contribution in [0.3, 0.4) is 0 Å². The van der Waals surface area contributed by atoms with Crippen LogP contribution in [0, 0.1) is 12.7 Å². The lowest BCUT2D eigenvalue weighted by molar-refractivity contribution is 0.0978. The number of benzene rings is 1. The quantitative estimate of drug-likeness (QED) is 0.748. The molecule has 0 aliphatic carbocycles. The van der Waals surface area contributed by atoms with Gasteiger partial charge in [-0.2, -0.15) is 0 Å². The molecule has 0 unspecified atom stereocenters. The van der Waals surface area contributed by atoms with E-state index in [4.69, 9.17) is 9.47 Å². The van der Waals surface area contributed by atoms with E-state index in [0.717, 1.165) is 5.56 Å². The molecule has 1 aromatic carbocycles. The van der Waals surface area contributed by atoms with Crippen LogP contribution in [0.5, 0.6) is 5.75 Å². The number of nitrogens with one attached hydrogen (secondary N) is 1. The predicted molar refractivity (Wildman–Crippen MR) is 83.8 cm³/mol. The molecule has 1 amide bonds. The fourth-order valence-electron chi connectivity index (χ4n) is 1.45. The standard InChI is InChI=1S/C14H20FNO4.C2H6/c1-3-19-14(17)16-6-7-18-8-9-20-13-10-12(15)5-4-11(13)2;1-2/h4-5,10H,3,6-9H2,1-2H3,(H,16,17);1-2H3. The molecule has 0 aliphatic rings. The molecule has 1 rings (SSSR count). The molecule has 0 bridgehead atoms. The van der Waals surface area contributed by atoms with Gasteiger partial charge in [0.25, 0.3) is 0 Å². The normalized spacial score (nSPS) is 9.50. The lowest BCUT2D eigenvalue weighted by atomic mass is 10.2. The van der Waals surface area contributed by atoms with Crippen molar-refractivity contribution in [1.82, 2.24) is 5.32 Å². The zero-order valence-corrected chi connectivity index (χ0v) is 13.8. The van der Waals surface area contributed by atoms with E-state index in [0.29, 0.717) is 38.7 Å². The van der Waals surface area contributed by atoms with Crippen LogP contribution in [0.1, 0.15) is 26.3 Å². The Balaban J connectivity index is 0.00000211. The van der Waals surface area contributed by atoms with Crippen molar-refractivity contribution in [2.45, 2.75) is 27.7 Å². The molecule has 0 heterocycles. The third-order valence-corrected chi connectivity index (χ3v) is 2.43. The Labute approximate surface area is 131 Å². The zero-order valence-electron chi connectivity index (χ0n) is 13.8. The molecule has 6 heteroatoms. The number of amides is 1. The van der Waals surface area contributed by atoms with E-state index in [1.54, 1.807) is 13.0 Å². The molecule has 0 atom stereocenters. The first kappa shape index (κ1) is 20.2. The van der Waals surface area contributed by atoms with Gasteiger partial charge in [-0.1, -0.05) is 19.9 Å². The lowest BCUT2D eigenvalue weighted by Crippen LogP contribution is -2.28. The second kappa shape index (κ2) is 12.9. The van der Waals surface area contributed by atoms with E-state index in [9.17, 15) is 9.18 Å². The number of hydrogen-bond acceptors (Lipinski definition) is 4. The summed E-state index contributed by atoms with van der Waals surface area (Å²) >= 11 is 0. The summed E-state index contributed by atoms with van der Waals surface area (Å²) in [6.07, 6.45) is -0.456. The highest BCUT2D eigenvalue weighted by Gasteiger charge is 2.02. The largest absolute Gasteiger partial charge is 0.491 e. The Kier molecular flexibility index (Phi) is 11.8. The number of rotatable bonds is 8. The van der Waals surface area contributed by atoms with Gasteiger partial charge in [0, 0.05) is 12.6 Å². The second-order valence-electron chi connectivity index (χ2n) is 4.02. The molecular formula is C16H26FNO4. The maximum absolute atomic E-state index is 13.0. The van der Waals surface area contributed by atoms with Gasteiger partial charge in [0.05, 0.1) is 19.8 Å². The molecule has 0 saturated carbocycles. The van der Waals surface area contributed by atoms with Crippen LogP contribution < -0.4 is 10.1 Å². The highest BCUT2D eigenvalue weighted by Crippen LogP contribution is 2.18. The van der Waals surface area contributed by atoms with Crippen molar-refractivity contribution in [3.8, 4) is 5.75 Å². The summed E-state index contributed by atoms with van der Waals surface area (Å²) < 4.78 is 28.4. The van der Waals surface area contributed by atoms with E-state index in [2.05, 4.69) is 10.1 Å². The Morgan fingerprint density at radius 1 is 1.23 bits per heavy atom. The number of alkyl carbamates (subject to hydrolysis) is 1. The Bertz CT molecular complexity index is 427. The molecular weight excluding hydrogens is 289 g/mol. The third kappa shape index (κ3) is 9.18. The van der Waals surface area contributed by atoms with Crippen LogP contribution in [0.2, 0.25) is 0 Å². The van der Waals surface area contributed by atoms with E-state index in [1.807, 2.05) is 20.8 Å². The topological polar surface area (TPSA) is 56.8 Å². The molecule has 0 aliphatic heterocycles. The molecule has 0 fully saturated rings. The van der Waals surface area contributed by atoms with Crippen molar-refractivity contribution in [1.29, 1.82) is 0 Å². The van der Waals surface area contributed by atoms with Crippen molar-refractivity contribution in [3.05, 3.63) is 29.6 Å². The summed E-state index contributed by atoms with van der Waals surface area (Å²) in [6, 6.07) is 4.40. The first-order chi connectivity index (χ1) is 10.6. The minimum Gasteiger partial charge on any atom is -0.491 e. The van der Waals surface area contributed by atoms with E-state index >= 15 is 0 Å². The summed E-state index contributed by atoms with van der Waals surface area (Å²) in [6.45, 7) is 9.35. The summed E-state index contributed by atoms with van der Waals surface area (Å²) in [5.41, 5.74) is 0.871. The van der Waals surface area contributed by atoms with Gasteiger partial charge in [-0.15, -0.1) is 0 Å². The maximum atomic E-state index is 13.0. The van der Waals surface area contributed by atoms with Crippen LogP contribution in [0.25, 0.3) is 0 Å². The SMILES string of the molecule is CC.CCOC(=O)NCCOCCOc1cc(F)ccc1C. The summed E-state index contributed by atoms with van der Waals surface area (Å²) in [7, 11) is 0. The number of hydrogen-bond donors (Lipinski definition) is 1. The number of halogens is 1. The molecule has 0 saturated heterocycles. The number of aryl methyl sites for hydroxylation is 1. The van der Waals surface area contributed by atoms with Gasteiger partial charge in [-0.3, -0.25) is 0 Å². The average Bonchev–Trinajstić information content (AvgIpc) is 2.52. The fourth-order valence-corrected chi connectivity index (χ4v) is 1.45. The van der Waals surface area contributed by atoms with Gasteiger partial charge in [0.15, 0.2) is 0 Å².